The molecule has 0 bridgehead atoms. The van der Waals surface area contributed by atoms with Crippen LogP contribution < -0.4 is 0 Å². The first-order valence-electron chi connectivity index (χ1n) is 39.4. The number of unbranched alkanes of at least 4 members (excludes halogenated alkanes) is 18. The second-order valence-corrected chi connectivity index (χ2v) is 28.4. The number of hydrogen-bond donors (Lipinski definition) is 3. The van der Waals surface area contributed by atoms with Crippen LogP contribution in [-0.2, 0) is 65.4 Å². The van der Waals surface area contributed by atoms with Crippen molar-refractivity contribution in [1.82, 2.24) is 0 Å². The Morgan fingerprint density at radius 2 is 0.519 bits per heavy atom. The fraction of sp³-hybridized carbons (Fsp3) is 0.624. The largest absolute Gasteiger partial charge is 0.472 e. The molecule has 590 valence electrons. The summed E-state index contributed by atoms with van der Waals surface area (Å²) >= 11 is 0. The van der Waals surface area contributed by atoms with Crippen molar-refractivity contribution in [2.24, 2.45) is 0 Å². The van der Waals surface area contributed by atoms with Gasteiger partial charge in [0.25, 0.3) is 0 Å². The van der Waals surface area contributed by atoms with Crippen LogP contribution in [-0.4, -0.2) is 96.7 Å². The van der Waals surface area contributed by atoms with Gasteiger partial charge in [0, 0.05) is 25.7 Å². The number of aliphatic hydroxyl groups excluding tert-OH is 1. The highest BCUT2D eigenvalue weighted by Crippen LogP contribution is 2.45. The molecule has 0 aliphatic heterocycles. The molecule has 0 rings (SSSR count). The van der Waals surface area contributed by atoms with E-state index in [0.29, 0.717) is 38.5 Å². The molecule has 5 atom stereocenters. The lowest BCUT2D eigenvalue weighted by molar-refractivity contribution is -0.161. The van der Waals surface area contributed by atoms with Gasteiger partial charge in [-0.2, -0.15) is 0 Å². The van der Waals surface area contributed by atoms with E-state index in [0.717, 1.165) is 167 Å². The van der Waals surface area contributed by atoms with Crippen LogP contribution in [0.5, 0.6) is 0 Å². The Hall–Kier alpha value is -5.58. The maximum atomic E-state index is 13.1. The van der Waals surface area contributed by atoms with Crippen molar-refractivity contribution in [3.63, 3.8) is 0 Å². The lowest BCUT2D eigenvalue weighted by Gasteiger charge is -2.21. The zero-order valence-corrected chi connectivity index (χ0v) is 66.2. The van der Waals surface area contributed by atoms with Crippen LogP contribution in [0.25, 0.3) is 0 Å². The molecule has 0 spiro atoms. The Balaban J connectivity index is 5.46. The number of allylic oxidation sites excluding steroid dienone is 28. The van der Waals surface area contributed by atoms with E-state index >= 15 is 0 Å². The average Bonchev–Trinajstić information content (AvgIpc) is 0.906. The van der Waals surface area contributed by atoms with Gasteiger partial charge < -0.3 is 33.8 Å². The molecule has 0 aromatic rings. The minimum Gasteiger partial charge on any atom is -0.462 e. The third kappa shape index (κ3) is 74.7. The SMILES string of the molecule is CC/C=C\C/C=C\C/C=C\C/C=C\C/C=C\CCCC(=O)OCC(COP(=O)(O)OCC(O)COP(=O)(O)OCC(COC(=O)CCCCCCCC/C=C\C/C=C\C/C=C\CCCCC)OC(=O)CCC/C=C\C/C=C\C/C=C\C/C=C\C/C=C\CC)OC(=O)CCCCCCC/C=C\CCCC. The van der Waals surface area contributed by atoms with E-state index in [2.05, 4.69) is 174 Å². The summed E-state index contributed by atoms with van der Waals surface area (Å²) in [4.78, 5) is 72.9. The number of hydrogen-bond acceptors (Lipinski definition) is 15. The van der Waals surface area contributed by atoms with E-state index in [9.17, 15) is 43.2 Å². The summed E-state index contributed by atoms with van der Waals surface area (Å²) in [5.74, 6) is -2.35. The standard InChI is InChI=1S/C85H138O17P2/c1-5-9-13-17-21-25-29-32-35-38-39-42-44-47-51-54-58-62-66-70-83(88)96-76-81(102-85(90)72-68-64-60-56-52-48-45-41-37-34-31-27-23-19-15-11-7-3)78-100-104(93,94)98-74-79(86)73-97-103(91,92)99-77-80(101-84(89)71-67-63-59-55-49-28-24-20-16-12-8-4)75-95-82(87)69-65-61-57-53-50-46-43-40-36-33-30-26-22-18-14-10-6-2/h10-11,14-15,20-27,32-37,39,42-43,45-46,48,53,56-57,60,79-81,86H,5-9,12-13,16-19,28-31,38,40-41,44,47,49-52,54-55,58-59,61-78H2,1-4H3,(H,91,92)(H,93,94)/b14-10-,15-11-,24-20-,25-21-,26-22-,27-23-,35-32-,36-33-,37-34-,42-39-,46-43-,48-45-,57-53-,60-56-. The second-order valence-electron chi connectivity index (χ2n) is 25.5. The van der Waals surface area contributed by atoms with Gasteiger partial charge in [0.05, 0.1) is 26.4 Å². The summed E-state index contributed by atoms with van der Waals surface area (Å²) in [5, 5.41) is 10.6. The van der Waals surface area contributed by atoms with Crippen LogP contribution in [0, 0.1) is 0 Å². The molecule has 0 aliphatic carbocycles. The lowest BCUT2D eigenvalue weighted by atomic mass is 10.1. The van der Waals surface area contributed by atoms with Gasteiger partial charge in [0.1, 0.15) is 19.3 Å². The maximum Gasteiger partial charge on any atom is 0.472 e. The summed E-state index contributed by atoms with van der Waals surface area (Å²) in [7, 11) is -10.0. The highest BCUT2D eigenvalue weighted by molar-refractivity contribution is 7.47. The van der Waals surface area contributed by atoms with Crippen molar-refractivity contribution in [3.05, 3.63) is 170 Å². The third-order valence-electron chi connectivity index (χ3n) is 15.6. The molecular weight excluding hydrogens is 1350 g/mol. The topological polar surface area (TPSA) is 237 Å². The van der Waals surface area contributed by atoms with Crippen molar-refractivity contribution in [3.8, 4) is 0 Å². The molecule has 0 saturated carbocycles. The molecule has 3 N–H and O–H groups in total. The summed E-state index contributed by atoms with van der Waals surface area (Å²) in [5.41, 5.74) is 0. The van der Waals surface area contributed by atoms with Crippen molar-refractivity contribution >= 4 is 39.5 Å². The van der Waals surface area contributed by atoms with Crippen molar-refractivity contribution in [2.45, 2.75) is 303 Å². The van der Waals surface area contributed by atoms with Crippen LogP contribution in [0.15, 0.2) is 170 Å². The molecule has 0 fully saturated rings. The summed E-state index contributed by atoms with van der Waals surface area (Å²) in [6.07, 6.45) is 89.3. The van der Waals surface area contributed by atoms with E-state index in [1.807, 2.05) is 24.3 Å². The van der Waals surface area contributed by atoms with E-state index in [4.69, 9.17) is 37.0 Å². The molecule has 104 heavy (non-hydrogen) atoms. The van der Waals surface area contributed by atoms with E-state index in [-0.39, 0.29) is 25.7 Å². The number of rotatable bonds is 72. The van der Waals surface area contributed by atoms with Gasteiger partial charge in [0.2, 0.25) is 0 Å². The van der Waals surface area contributed by atoms with Gasteiger partial charge in [-0.15, -0.1) is 0 Å². The molecule has 0 heterocycles. The Morgan fingerprint density at radius 3 is 0.856 bits per heavy atom. The fourth-order valence-electron chi connectivity index (χ4n) is 9.69. The minimum absolute atomic E-state index is 0.00637. The first-order valence-corrected chi connectivity index (χ1v) is 42.4. The van der Waals surface area contributed by atoms with Gasteiger partial charge >= 0.3 is 39.5 Å². The molecule has 0 aromatic heterocycles. The number of carbonyl (C=O) groups is 4. The first kappa shape index (κ1) is 98.4. The molecular formula is C85H138O17P2. The van der Waals surface area contributed by atoms with Gasteiger partial charge in [-0.05, 0) is 161 Å². The van der Waals surface area contributed by atoms with Crippen LogP contribution >= 0.6 is 15.6 Å². The molecule has 5 unspecified atom stereocenters. The van der Waals surface area contributed by atoms with Crippen LogP contribution in [0.2, 0.25) is 0 Å². The molecule has 19 heteroatoms. The molecule has 0 saturated heterocycles. The van der Waals surface area contributed by atoms with E-state index in [1.54, 1.807) is 0 Å². The van der Waals surface area contributed by atoms with Crippen molar-refractivity contribution in [2.75, 3.05) is 39.6 Å². The Kier molecular flexibility index (Phi) is 71.6. The zero-order chi connectivity index (χ0) is 76.0. The molecule has 0 aliphatic rings. The predicted octanol–water partition coefficient (Wildman–Crippen LogP) is 23.0. The van der Waals surface area contributed by atoms with E-state index < -0.39 is 97.5 Å². The number of carbonyl (C=O) groups excluding carboxylic acids is 4. The fourth-order valence-corrected chi connectivity index (χ4v) is 11.3. The van der Waals surface area contributed by atoms with Crippen molar-refractivity contribution < 1.29 is 80.2 Å². The molecule has 0 radical (unpaired) electrons. The summed E-state index contributed by atoms with van der Waals surface area (Å²) < 4.78 is 68.4. The Labute approximate surface area is 629 Å². The van der Waals surface area contributed by atoms with E-state index in [1.165, 1.54) is 25.7 Å². The highest BCUT2D eigenvalue weighted by Gasteiger charge is 2.30. The zero-order valence-electron chi connectivity index (χ0n) is 64.4. The normalized spacial score (nSPS) is 14.8. The average molecular weight is 1490 g/mol. The molecule has 0 amide bonds. The summed E-state index contributed by atoms with van der Waals surface area (Å²) in [6.45, 7) is 4.40. The van der Waals surface area contributed by atoms with Gasteiger partial charge in [-0.25, -0.2) is 9.13 Å². The Morgan fingerprint density at radius 1 is 0.279 bits per heavy atom. The monoisotopic (exact) mass is 1490 g/mol. The van der Waals surface area contributed by atoms with Crippen LogP contribution in [0.1, 0.15) is 285 Å². The van der Waals surface area contributed by atoms with Crippen LogP contribution in [0.3, 0.4) is 0 Å². The minimum atomic E-state index is -5.01. The van der Waals surface area contributed by atoms with Crippen molar-refractivity contribution in [1.29, 1.82) is 0 Å². The van der Waals surface area contributed by atoms with Gasteiger partial charge in [-0.3, -0.25) is 37.3 Å². The number of ether oxygens (including phenoxy) is 4. The number of phosphoric ester groups is 2. The first-order chi connectivity index (χ1) is 50.7. The smallest absolute Gasteiger partial charge is 0.462 e. The van der Waals surface area contributed by atoms with Gasteiger partial charge in [-0.1, -0.05) is 268 Å². The van der Waals surface area contributed by atoms with Crippen LogP contribution in [0.4, 0.5) is 0 Å². The third-order valence-corrected chi connectivity index (χ3v) is 17.5. The quantitative estimate of drug-likeness (QED) is 0.0169. The van der Waals surface area contributed by atoms with Gasteiger partial charge in [0.15, 0.2) is 12.2 Å². The number of aliphatic hydroxyl groups is 1. The number of esters is 4. The highest BCUT2D eigenvalue weighted by atomic mass is 31.2. The summed E-state index contributed by atoms with van der Waals surface area (Å²) in [6, 6.07) is 0. The molecule has 17 nitrogen and oxygen atoms in total. The lowest BCUT2D eigenvalue weighted by Crippen LogP contribution is -2.30. The maximum absolute atomic E-state index is 13.1. The second kappa shape index (κ2) is 75.6. The number of phosphoric acid groups is 2. The Bertz CT molecular complexity index is 2640. The molecule has 0 aromatic carbocycles. The predicted molar refractivity (Wildman–Crippen MR) is 426 cm³/mol.